The Balaban J connectivity index is 2.42. The van der Waals surface area contributed by atoms with Gasteiger partial charge in [0.2, 0.25) is 0 Å². The molecule has 0 atom stereocenters. The highest BCUT2D eigenvalue weighted by Crippen LogP contribution is 2.29. The van der Waals surface area contributed by atoms with Crippen molar-refractivity contribution >= 4 is 44.6 Å². The zero-order chi connectivity index (χ0) is 21.1. The quantitative estimate of drug-likeness (QED) is 0.348. The third-order valence-corrected chi connectivity index (χ3v) is 4.95. The summed E-state index contributed by atoms with van der Waals surface area (Å²) in [4.78, 5) is 5.14. The van der Waals surface area contributed by atoms with Crippen molar-refractivity contribution in [2.24, 2.45) is 5.16 Å². The largest absolute Gasteiger partial charge is 0.516 e. The second-order valence-corrected chi connectivity index (χ2v) is 7.82. The van der Waals surface area contributed by atoms with Gasteiger partial charge in [-0.2, -0.15) is 21.6 Å². The number of benzene rings is 2. The van der Waals surface area contributed by atoms with Crippen LogP contribution in [0.15, 0.2) is 41.6 Å². The molecule has 0 aliphatic rings. The molecular weight excluding hydrogens is 447 g/mol. The second-order valence-electron chi connectivity index (χ2n) is 5.30. The van der Waals surface area contributed by atoms with E-state index in [0.717, 1.165) is 18.2 Å². The summed E-state index contributed by atoms with van der Waals surface area (Å²) in [7, 11) is -5.65. The van der Waals surface area contributed by atoms with Gasteiger partial charge < -0.3 is 4.84 Å². The molecule has 0 fully saturated rings. The van der Waals surface area contributed by atoms with E-state index in [1.54, 1.807) is 6.92 Å². The molecule has 1 N–H and O–H groups in total. The van der Waals surface area contributed by atoms with Gasteiger partial charge in [-0.25, -0.2) is 4.39 Å². The van der Waals surface area contributed by atoms with E-state index < -0.39 is 21.3 Å². The molecule has 0 spiro atoms. The van der Waals surface area contributed by atoms with Crippen molar-refractivity contribution in [1.29, 1.82) is 0 Å². The van der Waals surface area contributed by atoms with E-state index in [4.69, 9.17) is 28.0 Å². The molecule has 0 unspecified atom stereocenters. The molecule has 2 aromatic rings. The topological polar surface area (TPSA) is 67.8 Å². The third kappa shape index (κ3) is 5.27. The minimum absolute atomic E-state index is 0.0176. The Hall–Kier alpha value is -2.04. The molecule has 0 aliphatic heterocycles. The summed E-state index contributed by atoms with van der Waals surface area (Å²) in [6, 6.07) is 6.95. The van der Waals surface area contributed by atoms with Crippen LogP contribution in [0.25, 0.3) is 0 Å². The zero-order valence-electron chi connectivity index (χ0n) is 14.0. The van der Waals surface area contributed by atoms with Gasteiger partial charge in [-0.1, -0.05) is 35.3 Å². The number of oxime groups is 1. The molecule has 2 rings (SSSR count). The maximum absolute atomic E-state index is 13.2. The molecule has 152 valence electrons. The summed E-state index contributed by atoms with van der Waals surface area (Å²) in [6.07, 6.45) is 0.149. The lowest BCUT2D eigenvalue weighted by atomic mass is 10.1. The number of hydrogen-bond donors (Lipinski definition) is 1. The monoisotopic (exact) mass is 458 g/mol. The van der Waals surface area contributed by atoms with Crippen molar-refractivity contribution < 1.29 is 30.8 Å². The first-order chi connectivity index (χ1) is 12.9. The van der Waals surface area contributed by atoms with E-state index >= 15 is 0 Å². The summed E-state index contributed by atoms with van der Waals surface area (Å²) in [5.74, 6) is -0.607. The average molecular weight is 459 g/mol. The standard InChI is InChI=1S/C16H12Cl2F4N2O3S/c1-2-14(23-27-10-4-5-13(19)12(18)8-10)11-7-9(17)3-6-15(11)24-28(25,26)16(20,21)22/h3-8,24H,2H2,1H3. The van der Waals surface area contributed by atoms with E-state index in [1.165, 1.54) is 22.9 Å². The minimum Gasteiger partial charge on any atom is -0.357 e. The van der Waals surface area contributed by atoms with Crippen LogP contribution < -0.4 is 9.56 Å². The van der Waals surface area contributed by atoms with Crippen LogP contribution in [0, 0.1) is 5.82 Å². The van der Waals surface area contributed by atoms with Crippen LogP contribution in [-0.4, -0.2) is 19.6 Å². The van der Waals surface area contributed by atoms with E-state index in [0.29, 0.717) is 0 Å². The predicted molar refractivity (Wildman–Crippen MR) is 98.9 cm³/mol. The zero-order valence-corrected chi connectivity index (χ0v) is 16.3. The predicted octanol–water partition coefficient (Wildman–Crippen LogP) is 5.59. The first kappa shape index (κ1) is 22.3. The van der Waals surface area contributed by atoms with Gasteiger partial charge in [-0.05, 0) is 36.8 Å². The van der Waals surface area contributed by atoms with Gasteiger partial charge in [0.1, 0.15) is 5.82 Å². The third-order valence-electron chi connectivity index (χ3n) is 3.33. The fraction of sp³-hybridized carbons (Fsp3) is 0.188. The van der Waals surface area contributed by atoms with Gasteiger partial charge >= 0.3 is 15.5 Å². The van der Waals surface area contributed by atoms with Crippen LogP contribution in [0.2, 0.25) is 10.0 Å². The van der Waals surface area contributed by atoms with Crippen molar-refractivity contribution in [1.82, 2.24) is 0 Å². The average Bonchev–Trinajstić information content (AvgIpc) is 2.59. The highest BCUT2D eigenvalue weighted by molar-refractivity contribution is 7.93. The number of sulfonamides is 1. The van der Waals surface area contributed by atoms with Crippen molar-refractivity contribution in [2.45, 2.75) is 18.9 Å². The molecule has 0 amide bonds. The molecule has 12 heteroatoms. The Morgan fingerprint density at radius 1 is 1.18 bits per heavy atom. The van der Waals surface area contributed by atoms with Crippen LogP contribution >= 0.6 is 23.2 Å². The summed E-state index contributed by atoms with van der Waals surface area (Å²) < 4.78 is 75.5. The lowest BCUT2D eigenvalue weighted by Crippen LogP contribution is -2.30. The molecular formula is C16H12Cl2F4N2O3S. The lowest BCUT2D eigenvalue weighted by molar-refractivity contribution is -0.0429. The molecule has 0 aliphatic carbocycles. The number of rotatable bonds is 6. The summed E-state index contributed by atoms with van der Waals surface area (Å²) in [5, 5.41) is 3.73. The van der Waals surface area contributed by atoms with E-state index in [-0.39, 0.29) is 39.2 Å². The van der Waals surface area contributed by atoms with Crippen molar-refractivity contribution in [3.8, 4) is 5.75 Å². The molecule has 5 nitrogen and oxygen atoms in total. The normalized spacial score (nSPS) is 12.8. The van der Waals surface area contributed by atoms with Crippen LogP contribution in [0.5, 0.6) is 5.75 Å². The second kappa shape index (κ2) is 8.54. The minimum atomic E-state index is -5.65. The SMILES string of the molecule is CCC(=NOc1ccc(F)c(Cl)c1)c1cc(Cl)ccc1NS(=O)(=O)C(F)(F)F. The lowest BCUT2D eigenvalue weighted by Gasteiger charge is -2.15. The summed E-state index contributed by atoms with van der Waals surface area (Å²) in [5.41, 5.74) is -5.82. The van der Waals surface area contributed by atoms with E-state index in [9.17, 15) is 26.0 Å². The Labute approximate surface area is 167 Å². The molecule has 0 saturated heterocycles. The molecule has 28 heavy (non-hydrogen) atoms. The summed E-state index contributed by atoms with van der Waals surface area (Å²) >= 11 is 11.5. The number of nitrogens with zero attached hydrogens (tertiary/aromatic N) is 1. The van der Waals surface area contributed by atoms with E-state index in [2.05, 4.69) is 5.16 Å². The van der Waals surface area contributed by atoms with Gasteiger partial charge in [0, 0.05) is 16.7 Å². The number of hydrogen-bond acceptors (Lipinski definition) is 4. The Kier molecular flexibility index (Phi) is 6.79. The van der Waals surface area contributed by atoms with Gasteiger partial charge in [-0.3, -0.25) is 4.72 Å². The molecule has 2 aromatic carbocycles. The number of anilines is 1. The smallest absolute Gasteiger partial charge is 0.357 e. The fourth-order valence-corrected chi connectivity index (χ4v) is 2.92. The van der Waals surface area contributed by atoms with Gasteiger partial charge in [0.15, 0.2) is 5.75 Å². The first-order valence-electron chi connectivity index (χ1n) is 7.52. The van der Waals surface area contributed by atoms with Crippen LogP contribution in [-0.2, 0) is 10.0 Å². The van der Waals surface area contributed by atoms with Crippen molar-refractivity contribution in [3.63, 3.8) is 0 Å². The molecule has 0 bridgehead atoms. The Bertz CT molecular complexity index is 1010. The maximum atomic E-state index is 13.2. The highest BCUT2D eigenvalue weighted by atomic mass is 35.5. The van der Waals surface area contributed by atoms with Crippen LogP contribution in [0.3, 0.4) is 0 Å². The number of alkyl halides is 3. The maximum Gasteiger partial charge on any atom is 0.516 e. The fourth-order valence-electron chi connectivity index (χ4n) is 1.99. The highest BCUT2D eigenvalue weighted by Gasteiger charge is 2.46. The van der Waals surface area contributed by atoms with Crippen molar-refractivity contribution in [3.05, 3.63) is 57.8 Å². The number of nitrogens with one attached hydrogen (secondary N) is 1. The molecule has 0 aromatic heterocycles. The Morgan fingerprint density at radius 3 is 2.43 bits per heavy atom. The van der Waals surface area contributed by atoms with Gasteiger partial charge in [-0.15, -0.1) is 0 Å². The van der Waals surface area contributed by atoms with Crippen LogP contribution in [0.1, 0.15) is 18.9 Å². The van der Waals surface area contributed by atoms with Gasteiger partial charge in [0.25, 0.3) is 0 Å². The van der Waals surface area contributed by atoms with E-state index in [1.807, 2.05) is 0 Å². The van der Waals surface area contributed by atoms with Gasteiger partial charge in [0.05, 0.1) is 16.4 Å². The Morgan fingerprint density at radius 2 is 1.86 bits per heavy atom. The molecule has 0 heterocycles. The van der Waals surface area contributed by atoms with Crippen molar-refractivity contribution in [2.75, 3.05) is 4.72 Å². The molecule has 0 saturated carbocycles. The van der Waals surface area contributed by atoms with Crippen LogP contribution in [0.4, 0.5) is 23.2 Å². The summed E-state index contributed by atoms with van der Waals surface area (Å²) in [6.45, 7) is 1.61. The first-order valence-corrected chi connectivity index (χ1v) is 9.76. The number of halogens is 6. The molecule has 0 radical (unpaired) electrons.